The van der Waals surface area contributed by atoms with Crippen molar-refractivity contribution in [2.45, 2.75) is 45.2 Å². The van der Waals surface area contributed by atoms with E-state index in [0.29, 0.717) is 5.92 Å². The van der Waals surface area contributed by atoms with Crippen LogP contribution in [0.1, 0.15) is 43.9 Å². The Hall–Kier alpha value is -3.90. The third-order valence-corrected chi connectivity index (χ3v) is 6.54. The van der Waals surface area contributed by atoms with E-state index in [0.717, 1.165) is 34.4 Å². The number of nitrogens with zero attached hydrogens (tertiary/aromatic N) is 4. The second-order valence-corrected chi connectivity index (χ2v) is 9.39. The summed E-state index contributed by atoms with van der Waals surface area (Å²) in [6.45, 7) is 5.23. The molecule has 0 amide bonds. The first-order valence-electron chi connectivity index (χ1n) is 12.2. The quantitative estimate of drug-likeness (QED) is 0.257. The predicted octanol–water partition coefficient (Wildman–Crippen LogP) is 5.70. The summed E-state index contributed by atoms with van der Waals surface area (Å²) in [5.41, 5.74) is 13.0. The van der Waals surface area contributed by atoms with Crippen molar-refractivity contribution in [1.29, 1.82) is 0 Å². The van der Waals surface area contributed by atoms with Gasteiger partial charge in [0.15, 0.2) is 0 Å². The van der Waals surface area contributed by atoms with Gasteiger partial charge in [-0.2, -0.15) is 0 Å². The van der Waals surface area contributed by atoms with E-state index in [2.05, 4.69) is 67.3 Å². The van der Waals surface area contributed by atoms with Gasteiger partial charge in [0.25, 0.3) is 0 Å². The minimum Gasteiger partial charge on any atom is -0.403 e. The van der Waals surface area contributed by atoms with Crippen LogP contribution in [0.25, 0.3) is 22.2 Å². The number of hydrogen-bond donors (Lipinski definition) is 2. The minimum atomic E-state index is 0.288. The molecular formula is C29H32N6. The molecule has 2 aromatic carbocycles. The van der Waals surface area contributed by atoms with Crippen molar-refractivity contribution in [3.8, 4) is 11.3 Å². The number of fused-ring (bicyclic) bond motifs is 1. The van der Waals surface area contributed by atoms with Crippen LogP contribution in [0.15, 0.2) is 85.3 Å². The molecule has 0 saturated heterocycles. The largest absolute Gasteiger partial charge is 0.403 e. The summed E-state index contributed by atoms with van der Waals surface area (Å²) >= 11 is 0. The van der Waals surface area contributed by atoms with Crippen LogP contribution in [-0.2, 0) is 6.54 Å². The van der Waals surface area contributed by atoms with E-state index in [1.807, 2.05) is 24.4 Å². The second-order valence-electron chi connectivity index (χ2n) is 9.39. The second kappa shape index (κ2) is 9.76. The molecule has 35 heavy (non-hydrogen) atoms. The van der Waals surface area contributed by atoms with E-state index in [4.69, 9.17) is 21.5 Å². The zero-order valence-corrected chi connectivity index (χ0v) is 20.3. The van der Waals surface area contributed by atoms with Crippen LogP contribution in [0.2, 0.25) is 0 Å². The number of aromatic nitrogens is 2. The Kier molecular flexibility index (Phi) is 6.38. The summed E-state index contributed by atoms with van der Waals surface area (Å²) in [6.07, 6.45) is 7.38. The minimum absolute atomic E-state index is 0.288. The SMILES string of the molecule is CC(C)N(Cc1ccc(N(N)/C=C\N)cc1)c1cc(-c2cccnc2C2CC2)nc2ccccc12. The highest BCUT2D eigenvalue weighted by Gasteiger charge is 2.28. The first-order chi connectivity index (χ1) is 17.0. The topological polar surface area (TPSA) is 84.3 Å². The van der Waals surface area contributed by atoms with Crippen molar-refractivity contribution >= 4 is 22.3 Å². The van der Waals surface area contributed by atoms with Crippen LogP contribution in [0.4, 0.5) is 11.4 Å². The molecule has 0 radical (unpaired) electrons. The molecular weight excluding hydrogens is 432 g/mol. The molecule has 1 aliphatic carbocycles. The van der Waals surface area contributed by atoms with Crippen LogP contribution in [0.3, 0.4) is 0 Å². The van der Waals surface area contributed by atoms with Gasteiger partial charge < -0.3 is 10.6 Å². The Morgan fingerprint density at radius 1 is 1.03 bits per heavy atom. The lowest BCUT2D eigenvalue weighted by molar-refractivity contribution is 0.685. The Morgan fingerprint density at radius 2 is 1.80 bits per heavy atom. The number of hydrazine groups is 1. The van der Waals surface area contributed by atoms with Gasteiger partial charge in [0.1, 0.15) is 0 Å². The van der Waals surface area contributed by atoms with Gasteiger partial charge in [0.05, 0.1) is 22.6 Å². The zero-order chi connectivity index (χ0) is 24.4. The Labute approximate surface area is 206 Å². The van der Waals surface area contributed by atoms with E-state index in [9.17, 15) is 0 Å². The molecule has 1 fully saturated rings. The molecule has 2 aromatic heterocycles. The van der Waals surface area contributed by atoms with Crippen molar-refractivity contribution in [2.24, 2.45) is 11.6 Å². The molecule has 2 heterocycles. The number of hydrogen-bond acceptors (Lipinski definition) is 6. The molecule has 4 aromatic rings. The third kappa shape index (κ3) is 4.84. The summed E-state index contributed by atoms with van der Waals surface area (Å²) in [5.74, 6) is 6.57. The molecule has 4 N–H and O–H groups in total. The summed E-state index contributed by atoms with van der Waals surface area (Å²) < 4.78 is 0. The van der Waals surface area contributed by atoms with Crippen molar-refractivity contribution in [2.75, 3.05) is 9.91 Å². The summed E-state index contributed by atoms with van der Waals surface area (Å²) in [5, 5.41) is 2.66. The van der Waals surface area contributed by atoms with E-state index in [1.165, 1.54) is 41.0 Å². The molecule has 0 aliphatic heterocycles. The predicted molar refractivity (Wildman–Crippen MR) is 145 cm³/mol. The smallest absolute Gasteiger partial charge is 0.0748 e. The van der Waals surface area contributed by atoms with E-state index in [-0.39, 0.29) is 6.04 Å². The van der Waals surface area contributed by atoms with Gasteiger partial charge in [-0.15, -0.1) is 0 Å². The van der Waals surface area contributed by atoms with Crippen molar-refractivity contribution in [1.82, 2.24) is 9.97 Å². The molecule has 6 nitrogen and oxygen atoms in total. The van der Waals surface area contributed by atoms with Crippen LogP contribution in [0.5, 0.6) is 0 Å². The molecule has 0 spiro atoms. The molecule has 0 atom stereocenters. The number of rotatable bonds is 8. The molecule has 0 bridgehead atoms. The van der Waals surface area contributed by atoms with Gasteiger partial charge in [0, 0.05) is 53.7 Å². The van der Waals surface area contributed by atoms with Crippen LogP contribution in [0, 0.1) is 0 Å². The van der Waals surface area contributed by atoms with Gasteiger partial charge in [-0.25, -0.2) is 10.8 Å². The molecule has 5 rings (SSSR count). The molecule has 1 saturated carbocycles. The average Bonchev–Trinajstić information content (AvgIpc) is 3.73. The number of nitrogens with two attached hydrogens (primary N) is 2. The molecule has 0 unspecified atom stereocenters. The van der Waals surface area contributed by atoms with E-state index < -0.39 is 0 Å². The Morgan fingerprint density at radius 3 is 2.51 bits per heavy atom. The molecule has 178 valence electrons. The third-order valence-electron chi connectivity index (χ3n) is 6.54. The number of para-hydroxylation sites is 1. The van der Waals surface area contributed by atoms with Crippen LogP contribution in [-0.4, -0.2) is 16.0 Å². The standard InChI is InChI=1S/C29H32N6/c1-20(2)34(19-21-9-13-23(14-10-21)35(31)17-15-30)28-18-27(33-26-8-4-3-6-24(26)28)25-7-5-16-32-29(25)22-11-12-22/h3-10,13-18,20,22H,11-12,19,30-31H2,1-2H3/b17-15-. The maximum absolute atomic E-state index is 6.01. The summed E-state index contributed by atoms with van der Waals surface area (Å²) in [7, 11) is 0. The Bertz CT molecular complexity index is 1340. The maximum atomic E-state index is 6.01. The van der Waals surface area contributed by atoms with Crippen molar-refractivity contribution in [3.05, 3.63) is 96.6 Å². The average molecular weight is 465 g/mol. The molecule has 1 aliphatic rings. The highest BCUT2D eigenvalue weighted by atomic mass is 15.4. The summed E-state index contributed by atoms with van der Waals surface area (Å²) in [4.78, 5) is 12.2. The number of anilines is 2. The van der Waals surface area contributed by atoms with E-state index in [1.54, 1.807) is 6.20 Å². The number of benzene rings is 2. The first kappa shape index (κ1) is 22.9. The van der Waals surface area contributed by atoms with Crippen molar-refractivity contribution < 1.29 is 0 Å². The van der Waals surface area contributed by atoms with Gasteiger partial charge in [0.2, 0.25) is 0 Å². The highest BCUT2D eigenvalue weighted by Crippen LogP contribution is 2.43. The van der Waals surface area contributed by atoms with Gasteiger partial charge in [-0.1, -0.05) is 30.3 Å². The molecule has 6 heteroatoms. The van der Waals surface area contributed by atoms with Gasteiger partial charge >= 0.3 is 0 Å². The van der Waals surface area contributed by atoms with Crippen LogP contribution >= 0.6 is 0 Å². The normalized spacial score (nSPS) is 13.6. The fourth-order valence-electron chi connectivity index (χ4n) is 4.54. The fourth-order valence-corrected chi connectivity index (χ4v) is 4.54. The lowest BCUT2D eigenvalue weighted by Gasteiger charge is -2.31. The van der Waals surface area contributed by atoms with E-state index >= 15 is 0 Å². The number of pyridine rings is 2. The van der Waals surface area contributed by atoms with Crippen molar-refractivity contribution in [3.63, 3.8) is 0 Å². The maximum Gasteiger partial charge on any atom is 0.0748 e. The lowest BCUT2D eigenvalue weighted by Crippen LogP contribution is -2.30. The zero-order valence-electron chi connectivity index (χ0n) is 20.3. The van der Waals surface area contributed by atoms with Gasteiger partial charge in [-0.05, 0) is 68.7 Å². The Balaban J connectivity index is 1.56. The van der Waals surface area contributed by atoms with Crippen LogP contribution < -0.4 is 21.5 Å². The highest BCUT2D eigenvalue weighted by molar-refractivity contribution is 5.94. The first-order valence-corrected chi connectivity index (χ1v) is 12.2. The van der Waals surface area contributed by atoms with Gasteiger partial charge in [-0.3, -0.25) is 9.99 Å². The summed E-state index contributed by atoms with van der Waals surface area (Å²) in [6, 6.07) is 23.4. The monoisotopic (exact) mass is 464 g/mol. The lowest BCUT2D eigenvalue weighted by atomic mass is 10.0. The fraction of sp³-hybridized carbons (Fsp3) is 0.241.